The Balaban J connectivity index is 1.53. The van der Waals surface area contributed by atoms with Gasteiger partial charge in [0.25, 0.3) is 11.6 Å². The van der Waals surface area contributed by atoms with Crippen molar-refractivity contribution in [3.05, 3.63) is 70.4 Å². The Labute approximate surface area is 160 Å². The van der Waals surface area contributed by atoms with Crippen LogP contribution in [0.5, 0.6) is 0 Å². The summed E-state index contributed by atoms with van der Waals surface area (Å²) in [5.74, 6) is 0.437. The topological polar surface area (TPSA) is 115 Å². The molecule has 28 heavy (non-hydrogen) atoms. The number of piperidine rings is 1. The largest absolute Gasteiger partial charge is 0.339 e. The van der Waals surface area contributed by atoms with Gasteiger partial charge in [-0.05, 0) is 31.0 Å². The Bertz CT molecular complexity index is 1000. The number of nitrogens with zero attached hydrogens (tertiary/aromatic N) is 5. The van der Waals surface area contributed by atoms with Gasteiger partial charge in [0.1, 0.15) is 5.56 Å². The van der Waals surface area contributed by atoms with E-state index in [0.717, 1.165) is 18.4 Å². The van der Waals surface area contributed by atoms with E-state index < -0.39 is 4.92 Å². The fourth-order valence-electron chi connectivity index (χ4n) is 3.36. The molecule has 1 aliphatic rings. The summed E-state index contributed by atoms with van der Waals surface area (Å²) < 4.78 is 5.42. The molecule has 1 aromatic carbocycles. The maximum Gasteiger partial charge on any atom is 0.282 e. The summed E-state index contributed by atoms with van der Waals surface area (Å²) in [7, 11) is 0. The Morgan fingerprint density at radius 3 is 2.89 bits per heavy atom. The van der Waals surface area contributed by atoms with Gasteiger partial charge in [0, 0.05) is 37.1 Å². The van der Waals surface area contributed by atoms with Crippen LogP contribution in [0.3, 0.4) is 0 Å². The number of rotatable bonds is 4. The molecule has 0 N–H and O–H groups in total. The molecule has 0 spiro atoms. The van der Waals surface area contributed by atoms with E-state index in [9.17, 15) is 14.9 Å². The van der Waals surface area contributed by atoms with Gasteiger partial charge in [-0.25, -0.2) is 0 Å². The minimum absolute atomic E-state index is 0.0923. The van der Waals surface area contributed by atoms with Crippen LogP contribution in [-0.4, -0.2) is 43.9 Å². The summed E-state index contributed by atoms with van der Waals surface area (Å²) in [4.78, 5) is 33.7. The molecule has 0 aliphatic carbocycles. The Morgan fingerprint density at radius 2 is 2.11 bits per heavy atom. The highest BCUT2D eigenvalue weighted by atomic mass is 16.6. The Morgan fingerprint density at radius 1 is 1.25 bits per heavy atom. The number of nitro groups is 1. The van der Waals surface area contributed by atoms with E-state index in [-0.39, 0.29) is 23.1 Å². The van der Waals surface area contributed by atoms with Crippen LogP contribution in [0.15, 0.2) is 53.3 Å². The highest BCUT2D eigenvalue weighted by Crippen LogP contribution is 2.29. The van der Waals surface area contributed by atoms with Crippen molar-refractivity contribution in [3.8, 4) is 11.4 Å². The smallest absolute Gasteiger partial charge is 0.282 e. The minimum Gasteiger partial charge on any atom is -0.339 e. The van der Waals surface area contributed by atoms with Gasteiger partial charge >= 0.3 is 0 Å². The van der Waals surface area contributed by atoms with Crippen LogP contribution in [0.2, 0.25) is 0 Å². The highest BCUT2D eigenvalue weighted by molar-refractivity contribution is 5.98. The third kappa shape index (κ3) is 3.46. The summed E-state index contributed by atoms with van der Waals surface area (Å²) >= 11 is 0. The average molecular weight is 379 g/mol. The molecule has 3 aromatic rings. The number of carbonyl (C=O) groups is 1. The molecular weight excluding hydrogens is 362 g/mol. The van der Waals surface area contributed by atoms with E-state index in [2.05, 4.69) is 15.1 Å². The molecule has 1 aliphatic heterocycles. The molecule has 3 heterocycles. The van der Waals surface area contributed by atoms with Crippen molar-refractivity contribution < 1.29 is 14.2 Å². The normalized spacial score (nSPS) is 16.7. The van der Waals surface area contributed by atoms with Gasteiger partial charge in [-0.2, -0.15) is 4.98 Å². The number of hydrogen-bond acceptors (Lipinski definition) is 7. The summed E-state index contributed by atoms with van der Waals surface area (Å²) in [5, 5.41) is 15.2. The fraction of sp³-hybridized carbons (Fsp3) is 0.263. The molecule has 9 heteroatoms. The molecular formula is C19H17N5O4. The van der Waals surface area contributed by atoms with Crippen molar-refractivity contribution in [2.45, 2.75) is 18.8 Å². The second-order valence-corrected chi connectivity index (χ2v) is 6.56. The van der Waals surface area contributed by atoms with Crippen molar-refractivity contribution in [3.63, 3.8) is 0 Å². The lowest BCUT2D eigenvalue weighted by molar-refractivity contribution is -0.385. The number of likely N-dealkylation sites (tertiary alicyclic amines) is 1. The summed E-state index contributed by atoms with van der Waals surface area (Å²) in [6.07, 6.45) is 4.87. The van der Waals surface area contributed by atoms with Crippen LogP contribution in [0.25, 0.3) is 11.4 Å². The van der Waals surface area contributed by atoms with E-state index >= 15 is 0 Å². The number of pyridine rings is 1. The Kier molecular flexibility index (Phi) is 4.79. The zero-order valence-corrected chi connectivity index (χ0v) is 14.9. The van der Waals surface area contributed by atoms with E-state index in [0.29, 0.717) is 24.8 Å². The van der Waals surface area contributed by atoms with Gasteiger partial charge in [0.15, 0.2) is 0 Å². The molecule has 1 atom stereocenters. The van der Waals surface area contributed by atoms with Gasteiger partial charge < -0.3 is 9.42 Å². The fourth-order valence-corrected chi connectivity index (χ4v) is 3.36. The second kappa shape index (κ2) is 7.55. The van der Waals surface area contributed by atoms with E-state index in [1.807, 2.05) is 6.07 Å². The summed E-state index contributed by atoms with van der Waals surface area (Å²) in [5.41, 5.74) is 0.655. The number of benzene rings is 1. The lowest BCUT2D eigenvalue weighted by atomic mass is 9.97. The van der Waals surface area contributed by atoms with E-state index in [1.54, 1.807) is 35.5 Å². The highest BCUT2D eigenvalue weighted by Gasteiger charge is 2.31. The quantitative estimate of drug-likeness (QED) is 0.505. The monoisotopic (exact) mass is 379 g/mol. The lowest BCUT2D eigenvalue weighted by Gasteiger charge is -2.30. The predicted octanol–water partition coefficient (Wildman–Crippen LogP) is 3.06. The molecule has 1 amide bonds. The third-order valence-electron chi connectivity index (χ3n) is 4.75. The molecule has 0 bridgehead atoms. The molecule has 0 unspecified atom stereocenters. The van der Waals surface area contributed by atoms with Gasteiger partial charge in [-0.1, -0.05) is 17.3 Å². The van der Waals surface area contributed by atoms with Crippen LogP contribution >= 0.6 is 0 Å². The van der Waals surface area contributed by atoms with Crippen LogP contribution < -0.4 is 0 Å². The standard InChI is InChI=1S/C19H17N5O4/c25-19(15-7-1-2-8-16(15)24(26)27)23-10-4-6-14(12-23)18-21-17(22-28-18)13-5-3-9-20-11-13/h1-3,5,7-9,11,14H,4,6,10,12H2/t14-/m0/s1. The molecule has 2 aromatic heterocycles. The number of aromatic nitrogens is 3. The first-order chi connectivity index (χ1) is 13.6. The zero-order valence-electron chi connectivity index (χ0n) is 14.9. The first-order valence-electron chi connectivity index (χ1n) is 8.90. The van der Waals surface area contributed by atoms with E-state index in [1.165, 1.54) is 12.1 Å². The number of para-hydroxylation sites is 1. The van der Waals surface area contributed by atoms with Gasteiger partial charge in [-0.3, -0.25) is 19.9 Å². The summed E-state index contributed by atoms with van der Waals surface area (Å²) in [6.45, 7) is 0.907. The molecule has 4 rings (SSSR count). The van der Waals surface area contributed by atoms with Crippen molar-refractivity contribution in [2.24, 2.45) is 0 Å². The van der Waals surface area contributed by atoms with Gasteiger partial charge in [-0.15, -0.1) is 0 Å². The van der Waals surface area contributed by atoms with E-state index in [4.69, 9.17) is 4.52 Å². The maximum absolute atomic E-state index is 12.9. The molecule has 1 fully saturated rings. The SMILES string of the molecule is O=C(c1ccccc1[N+](=O)[O-])N1CCC[C@H](c2nc(-c3cccnc3)no2)C1. The first kappa shape index (κ1) is 17.8. The number of nitro benzene ring substituents is 1. The lowest BCUT2D eigenvalue weighted by Crippen LogP contribution is -2.39. The third-order valence-corrected chi connectivity index (χ3v) is 4.75. The van der Waals surface area contributed by atoms with Crippen LogP contribution in [0.4, 0.5) is 5.69 Å². The van der Waals surface area contributed by atoms with Gasteiger partial charge in [0.05, 0.1) is 10.8 Å². The average Bonchev–Trinajstić information content (AvgIpc) is 3.24. The molecule has 0 radical (unpaired) electrons. The minimum atomic E-state index is -0.535. The summed E-state index contributed by atoms with van der Waals surface area (Å²) in [6, 6.07) is 9.63. The Hall–Kier alpha value is -3.62. The molecule has 1 saturated heterocycles. The molecule has 142 valence electrons. The van der Waals surface area contributed by atoms with Crippen molar-refractivity contribution >= 4 is 11.6 Å². The number of carbonyl (C=O) groups excluding carboxylic acids is 1. The van der Waals surface area contributed by atoms with Crippen LogP contribution in [0, 0.1) is 10.1 Å². The number of hydrogen-bond donors (Lipinski definition) is 0. The molecule has 9 nitrogen and oxygen atoms in total. The predicted molar refractivity (Wildman–Crippen MR) is 98.5 cm³/mol. The molecule has 0 saturated carbocycles. The first-order valence-corrected chi connectivity index (χ1v) is 8.90. The van der Waals surface area contributed by atoms with Gasteiger partial charge in [0.2, 0.25) is 11.7 Å². The van der Waals surface area contributed by atoms with Crippen LogP contribution in [0.1, 0.15) is 35.0 Å². The van der Waals surface area contributed by atoms with Crippen molar-refractivity contribution in [2.75, 3.05) is 13.1 Å². The maximum atomic E-state index is 12.9. The second-order valence-electron chi connectivity index (χ2n) is 6.56. The van der Waals surface area contributed by atoms with Crippen LogP contribution in [-0.2, 0) is 0 Å². The number of amides is 1. The zero-order chi connectivity index (χ0) is 19.5. The van der Waals surface area contributed by atoms with Crippen molar-refractivity contribution in [1.29, 1.82) is 0 Å². The van der Waals surface area contributed by atoms with Crippen molar-refractivity contribution in [1.82, 2.24) is 20.0 Å².